The molecule has 0 spiro atoms. The van der Waals surface area contributed by atoms with Crippen molar-refractivity contribution in [2.45, 2.75) is 25.1 Å². The van der Waals surface area contributed by atoms with Crippen LogP contribution in [-0.4, -0.2) is 43.3 Å². The molecule has 0 aromatic heterocycles. The Morgan fingerprint density at radius 1 is 1.23 bits per heavy atom. The summed E-state index contributed by atoms with van der Waals surface area (Å²) >= 11 is 3.37. The van der Waals surface area contributed by atoms with Gasteiger partial charge in [-0.15, -0.1) is 0 Å². The Morgan fingerprint density at radius 2 is 1.87 bits per heavy atom. The second kappa shape index (κ2) is 8.56. The molecule has 1 amide bonds. The zero-order valence-corrected chi connectivity index (χ0v) is 17.8. The van der Waals surface area contributed by atoms with Crippen molar-refractivity contribution in [3.63, 3.8) is 0 Å². The maximum Gasteiger partial charge on any atom is 0.425 e. The number of alkyl halides is 3. The van der Waals surface area contributed by atoms with Crippen molar-refractivity contribution in [1.29, 1.82) is 5.26 Å². The predicted octanol–water partition coefficient (Wildman–Crippen LogP) is 4.90. The van der Waals surface area contributed by atoms with Gasteiger partial charge in [-0.25, -0.2) is 0 Å². The lowest BCUT2D eigenvalue weighted by atomic mass is 9.90. The Hall–Kier alpha value is -2.73. The van der Waals surface area contributed by atoms with E-state index in [1.54, 1.807) is 0 Å². The van der Waals surface area contributed by atoms with Crippen LogP contribution in [-0.2, 0) is 0 Å². The number of carbonyl (C=O) groups is 1. The van der Waals surface area contributed by atoms with E-state index in [2.05, 4.69) is 15.9 Å². The summed E-state index contributed by atoms with van der Waals surface area (Å²) in [5.74, 6) is -0.790. The first-order valence-electron chi connectivity index (χ1n) is 9.05. The number of nitrogens with zero attached hydrogens (tertiary/aromatic N) is 2. The first-order chi connectivity index (χ1) is 14.2. The van der Waals surface area contributed by atoms with E-state index in [1.807, 2.05) is 30.3 Å². The maximum absolute atomic E-state index is 13.1. The molecule has 0 N–H and O–H groups in total. The van der Waals surface area contributed by atoms with Gasteiger partial charge in [-0.2, -0.15) is 18.4 Å². The molecular weight excluding hydrogens is 465 g/mol. The van der Waals surface area contributed by atoms with Crippen molar-refractivity contribution in [2.75, 3.05) is 20.2 Å². The van der Waals surface area contributed by atoms with E-state index in [9.17, 15) is 23.2 Å². The minimum atomic E-state index is -4.61. The van der Waals surface area contributed by atoms with Crippen LogP contribution in [0.1, 0.15) is 34.3 Å². The van der Waals surface area contributed by atoms with Crippen LogP contribution in [0, 0.1) is 11.3 Å². The lowest BCUT2D eigenvalue weighted by Crippen LogP contribution is -2.48. The number of hydrogen-bond acceptors (Lipinski definition) is 4. The standard InChI is InChI=1S/C21H18BrF3N2O3/c1-12(21(23,24)25)30-17-8-5-14(9-26)19(29-2)18(17)20(28)27-10-15(11-27)13-3-6-16(22)7-4-13/h3-8,12,15H,10-11H2,1-2H3. The third-order valence-corrected chi connectivity index (χ3v) is 5.46. The normalized spacial score (nSPS) is 15.2. The second-order valence-corrected chi connectivity index (χ2v) is 7.81. The van der Waals surface area contributed by atoms with E-state index in [-0.39, 0.29) is 28.5 Å². The highest BCUT2D eigenvalue weighted by atomic mass is 79.9. The summed E-state index contributed by atoms with van der Waals surface area (Å²) in [5, 5.41) is 9.30. The molecule has 3 rings (SSSR count). The molecular formula is C21H18BrF3N2O3. The molecule has 1 saturated heterocycles. The number of hydrogen-bond donors (Lipinski definition) is 0. The third-order valence-electron chi connectivity index (χ3n) is 4.93. The number of carbonyl (C=O) groups excluding carboxylic acids is 1. The summed E-state index contributed by atoms with van der Waals surface area (Å²) in [6.45, 7) is 1.65. The quantitative estimate of drug-likeness (QED) is 0.607. The molecule has 1 atom stereocenters. The largest absolute Gasteiger partial charge is 0.494 e. The molecule has 5 nitrogen and oxygen atoms in total. The van der Waals surface area contributed by atoms with Gasteiger partial charge in [0.1, 0.15) is 17.4 Å². The van der Waals surface area contributed by atoms with Crippen LogP contribution in [0.5, 0.6) is 11.5 Å². The van der Waals surface area contributed by atoms with Gasteiger partial charge in [-0.1, -0.05) is 28.1 Å². The van der Waals surface area contributed by atoms with Crippen LogP contribution < -0.4 is 9.47 Å². The summed E-state index contributed by atoms with van der Waals surface area (Å²) in [6, 6.07) is 12.1. The SMILES string of the molecule is COc1c(C#N)ccc(OC(C)C(F)(F)F)c1C(=O)N1CC(c2ccc(Br)cc2)C1. The van der Waals surface area contributed by atoms with Crippen molar-refractivity contribution in [3.8, 4) is 17.6 Å². The molecule has 1 unspecified atom stereocenters. The molecule has 0 saturated carbocycles. The molecule has 30 heavy (non-hydrogen) atoms. The predicted molar refractivity (Wildman–Crippen MR) is 107 cm³/mol. The van der Waals surface area contributed by atoms with Crippen LogP contribution in [0.25, 0.3) is 0 Å². The minimum absolute atomic E-state index is 0.0397. The Morgan fingerprint density at radius 3 is 2.40 bits per heavy atom. The summed E-state index contributed by atoms with van der Waals surface area (Å²) < 4.78 is 50.2. The smallest absolute Gasteiger partial charge is 0.425 e. The fourth-order valence-corrected chi connectivity index (χ4v) is 3.44. The van der Waals surface area contributed by atoms with Gasteiger partial charge < -0.3 is 14.4 Å². The Bertz CT molecular complexity index is 981. The number of benzene rings is 2. The molecule has 9 heteroatoms. The second-order valence-electron chi connectivity index (χ2n) is 6.89. The summed E-state index contributed by atoms with van der Waals surface area (Å²) in [6.07, 6.45) is -6.74. The molecule has 1 aliphatic heterocycles. The van der Waals surface area contributed by atoms with Crippen LogP contribution in [0.2, 0.25) is 0 Å². The number of ether oxygens (including phenoxy) is 2. The fraction of sp³-hybridized carbons (Fsp3) is 0.333. The van der Waals surface area contributed by atoms with Crippen LogP contribution in [0.3, 0.4) is 0 Å². The van der Waals surface area contributed by atoms with E-state index in [0.29, 0.717) is 13.1 Å². The Balaban J connectivity index is 1.88. The van der Waals surface area contributed by atoms with E-state index >= 15 is 0 Å². The third kappa shape index (κ3) is 4.38. The molecule has 1 aliphatic rings. The Kier molecular flexibility index (Phi) is 6.27. The lowest BCUT2D eigenvalue weighted by molar-refractivity contribution is -0.189. The summed E-state index contributed by atoms with van der Waals surface area (Å²) in [4.78, 5) is 14.6. The van der Waals surface area contributed by atoms with Crippen molar-refractivity contribution >= 4 is 21.8 Å². The van der Waals surface area contributed by atoms with Crippen LogP contribution in [0.15, 0.2) is 40.9 Å². The molecule has 0 aliphatic carbocycles. The molecule has 0 bridgehead atoms. The van der Waals surface area contributed by atoms with Crippen molar-refractivity contribution < 1.29 is 27.4 Å². The molecule has 158 valence electrons. The zero-order chi connectivity index (χ0) is 22.1. The number of rotatable bonds is 5. The highest BCUT2D eigenvalue weighted by molar-refractivity contribution is 9.10. The first-order valence-corrected chi connectivity index (χ1v) is 9.84. The maximum atomic E-state index is 13.1. The van der Waals surface area contributed by atoms with E-state index in [1.165, 1.54) is 24.1 Å². The van der Waals surface area contributed by atoms with E-state index < -0.39 is 18.2 Å². The summed E-state index contributed by atoms with van der Waals surface area (Å²) in [7, 11) is 1.25. The van der Waals surface area contributed by atoms with E-state index in [4.69, 9.17) is 9.47 Å². The van der Waals surface area contributed by atoms with Gasteiger partial charge in [0.2, 0.25) is 0 Å². The molecule has 1 heterocycles. The topological polar surface area (TPSA) is 62.6 Å². The molecule has 2 aromatic rings. The van der Waals surface area contributed by atoms with Crippen molar-refractivity contribution in [2.24, 2.45) is 0 Å². The molecule has 2 aromatic carbocycles. The lowest BCUT2D eigenvalue weighted by Gasteiger charge is -2.40. The van der Waals surface area contributed by atoms with Gasteiger partial charge in [0.05, 0.1) is 12.7 Å². The van der Waals surface area contributed by atoms with Gasteiger partial charge in [-0.05, 0) is 36.8 Å². The number of likely N-dealkylation sites (tertiary alicyclic amines) is 1. The van der Waals surface area contributed by atoms with Gasteiger partial charge in [0, 0.05) is 23.5 Å². The van der Waals surface area contributed by atoms with Crippen LogP contribution in [0.4, 0.5) is 13.2 Å². The summed E-state index contributed by atoms with van der Waals surface area (Å²) in [5.41, 5.74) is 0.918. The monoisotopic (exact) mass is 482 g/mol. The average molecular weight is 483 g/mol. The van der Waals surface area contributed by atoms with E-state index in [0.717, 1.165) is 17.0 Å². The van der Waals surface area contributed by atoms with Gasteiger partial charge >= 0.3 is 6.18 Å². The minimum Gasteiger partial charge on any atom is -0.494 e. The van der Waals surface area contributed by atoms with Gasteiger partial charge in [-0.3, -0.25) is 4.79 Å². The molecule has 0 radical (unpaired) electrons. The van der Waals surface area contributed by atoms with Gasteiger partial charge in [0.25, 0.3) is 5.91 Å². The first kappa shape index (κ1) is 22.0. The van der Waals surface area contributed by atoms with Gasteiger partial charge in [0.15, 0.2) is 11.9 Å². The number of amides is 1. The van der Waals surface area contributed by atoms with Crippen molar-refractivity contribution in [3.05, 3.63) is 57.6 Å². The average Bonchev–Trinajstić information content (AvgIpc) is 2.66. The molecule has 1 fully saturated rings. The highest BCUT2D eigenvalue weighted by Crippen LogP contribution is 2.38. The highest BCUT2D eigenvalue weighted by Gasteiger charge is 2.40. The zero-order valence-electron chi connectivity index (χ0n) is 16.2. The fourth-order valence-electron chi connectivity index (χ4n) is 3.17. The Labute approximate surface area is 180 Å². The van der Waals surface area contributed by atoms with Crippen LogP contribution >= 0.6 is 15.9 Å². The van der Waals surface area contributed by atoms with Crippen molar-refractivity contribution in [1.82, 2.24) is 4.90 Å². The number of nitriles is 1. The number of halogens is 4. The number of methoxy groups -OCH3 is 1.